The van der Waals surface area contributed by atoms with Gasteiger partial charge >= 0.3 is 0 Å². The Hall–Kier alpha value is -1.83. The molecule has 2 aromatic rings. The van der Waals surface area contributed by atoms with Gasteiger partial charge in [-0.2, -0.15) is 0 Å². The Balaban J connectivity index is 2.46. The molecule has 1 heterocycles. The van der Waals surface area contributed by atoms with Crippen LogP contribution in [-0.4, -0.2) is 11.0 Å². The number of anilines is 1. The number of hydrogen-bond donors (Lipinski definition) is 1. The Labute approximate surface area is 141 Å². The Bertz CT molecular complexity index is 647. The van der Waals surface area contributed by atoms with Gasteiger partial charge in [0.1, 0.15) is 5.82 Å². The molecule has 2 rings (SSSR count). The van der Waals surface area contributed by atoms with E-state index in [0.717, 1.165) is 5.82 Å². The van der Waals surface area contributed by atoms with Crippen molar-refractivity contribution in [2.75, 3.05) is 5.32 Å². The van der Waals surface area contributed by atoms with Crippen LogP contribution < -0.4 is 5.32 Å². The number of hydrogen-bond acceptors (Lipinski definition) is 2. The minimum atomic E-state index is 0.106. The van der Waals surface area contributed by atoms with Crippen LogP contribution in [-0.2, 0) is 5.41 Å². The van der Waals surface area contributed by atoms with Crippen molar-refractivity contribution in [3.8, 4) is 11.1 Å². The van der Waals surface area contributed by atoms with E-state index < -0.39 is 0 Å². The fraction of sp³-hybridized carbons (Fsp3) is 0.476. The summed E-state index contributed by atoms with van der Waals surface area (Å²) in [6.45, 7) is 15.6. The third kappa shape index (κ3) is 4.34. The van der Waals surface area contributed by atoms with Crippen LogP contribution in [0, 0.1) is 0 Å². The van der Waals surface area contributed by atoms with Gasteiger partial charge in [-0.3, -0.25) is 0 Å². The molecule has 0 bridgehead atoms. The van der Waals surface area contributed by atoms with Gasteiger partial charge in [0.25, 0.3) is 0 Å². The van der Waals surface area contributed by atoms with E-state index in [4.69, 9.17) is 0 Å². The minimum absolute atomic E-state index is 0.106. The van der Waals surface area contributed by atoms with E-state index in [2.05, 4.69) is 89.1 Å². The zero-order valence-corrected chi connectivity index (χ0v) is 15.6. The molecule has 0 saturated carbocycles. The van der Waals surface area contributed by atoms with Gasteiger partial charge in [0.2, 0.25) is 0 Å². The van der Waals surface area contributed by atoms with Crippen LogP contribution >= 0.6 is 0 Å². The Morgan fingerprint density at radius 2 is 1.65 bits per heavy atom. The van der Waals surface area contributed by atoms with Crippen LogP contribution in [0.25, 0.3) is 11.1 Å². The highest BCUT2D eigenvalue weighted by molar-refractivity contribution is 5.69. The van der Waals surface area contributed by atoms with Crippen LogP contribution in [0.5, 0.6) is 0 Å². The van der Waals surface area contributed by atoms with Crippen molar-refractivity contribution in [2.45, 2.75) is 65.8 Å². The zero-order chi connectivity index (χ0) is 17.2. The number of pyridine rings is 1. The monoisotopic (exact) mass is 310 g/mol. The fourth-order valence-electron chi connectivity index (χ4n) is 2.73. The smallest absolute Gasteiger partial charge is 0.126 e. The summed E-state index contributed by atoms with van der Waals surface area (Å²) < 4.78 is 0. The summed E-state index contributed by atoms with van der Waals surface area (Å²) >= 11 is 0. The molecular weight excluding hydrogens is 280 g/mol. The maximum Gasteiger partial charge on any atom is 0.126 e. The predicted molar refractivity (Wildman–Crippen MR) is 101 cm³/mol. The van der Waals surface area contributed by atoms with Gasteiger partial charge in [-0.05, 0) is 54.0 Å². The van der Waals surface area contributed by atoms with Crippen molar-refractivity contribution in [1.29, 1.82) is 0 Å². The summed E-state index contributed by atoms with van der Waals surface area (Å²) in [7, 11) is 0. The third-order valence-electron chi connectivity index (χ3n) is 4.03. The van der Waals surface area contributed by atoms with Crippen molar-refractivity contribution in [1.82, 2.24) is 4.98 Å². The lowest BCUT2D eigenvalue weighted by Crippen LogP contribution is -2.14. The summed E-state index contributed by atoms with van der Waals surface area (Å²) in [5.74, 6) is 1.47. The molecule has 1 aromatic heterocycles. The highest BCUT2D eigenvalue weighted by atomic mass is 15.0. The maximum absolute atomic E-state index is 4.56. The molecule has 2 nitrogen and oxygen atoms in total. The molecule has 0 saturated heterocycles. The van der Waals surface area contributed by atoms with E-state index in [1.165, 1.54) is 22.3 Å². The molecule has 0 aliphatic rings. The quantitative estimate of drug-likeness (QED) is 0.750. The van der Waals surface area contributed by atoms with Crippen LogP contribution in [0.2, 0.25) is 0 Å². The van der Waals surface area contributed by atoms with Crippen LogP contribution in [0.15, 0.2) is 36.5 Å². The third-order valence-corrected chi connectivity index (χ3v) is 4.03. The van der Waals surface area contributed by atoms with Gasteiger partial charge in [-0.15, -0.1) is 0 Å². The van der Waals surface area contributed by atoms with Gasteiger partial charge in [0.05, 0.1) is 0 Å². The van der Waals surface area contributed by atoms with E-state index in [9.17, 15) is 0 Å². The van der Waals surface area contributed by atoms with Crippen molar-refractivity contribution in [3.05, 3.63) is 47.7 Å². The van der Waals surface area contributed by atoms with Crippen molar-refractivity contribution >= 4 is 5.82 Å². The average molecular weight is 310 g/mol. The van der Waals surface area contributed by atoms with Gasteiger partial charge in [-0.25, -0.2) is 4.98 Å². The molecule has 0 radical (unpaired) electrons. The minimum Gasteiger partial charge on any atom is -0.368 e. The van der Waals surface area contributed by atoms with Crippen LogP contribution in [0.3, 0.4) is 0 Å². The normalized spacial score (nSPS) is 12.0. The van der Waals surface area contributed by atoms with Gasteiger partial charge < -0.3 is 5.32 Å². The molecule has 0 unspecified atom stereocenters. The summed E-state index contributed by atoms with van der Waals surface area (Å²) in [6.07, 6.45) is 1.98. The molecule has 0 aliphatic heterocycles. The number of aromatic nitrogens is 1. The molecule has 0 fully saturated rings. The second kappa shape index (κ2) is 6.74. The molecule has 0 amide bonds. The number of rotatable bonds is 4. The molecule has 23 heavy (non-hydrogen) atoms. The number of nitrogens with one attached hydrogen (secondary N) is 1. The van der Waals surface area contributed by atoms with Gasteiger partial charge in [-0.1, -0.05) is 52.8 Å². The summed E-state index contributed by atoms with van der Waals surface area (Å²) in [5, 5.41) is 3.34. The topological polar surface area (TPSA) is 24.9 Å². The first-order chi connectivity index (χ1) is 10.7. The Kier molecular flexibility index (Phi) is 5.13. The zero-order valence-electron chi connectivity index (χ0n) is 15.6. The first kappa shape index (κ1) is 17.5. The largest absolute Gasteiger partial charge is 0.368 e. The molecule has 124 valence electrons. The molecule has 1 aromatic carbocycles. The van der Waals surface area contributed by atoms with Crippen molar-refractivity contribution in [3.63, 3.8) is 0 Å². The Morgan fingerprint density at radius 3 is 2.13 bits per heavy atom. The second-order valence-electron chi connectivity index (χ2n) is 7.94. The number of benzene rings is 1. The predicted octanol–water partition coefficient (Wildman–Crippen LogP) is 5.99. The second-order valence-corrected chi connectivity index (χ2v) is 7.94. The standard InChI is InChI=1S/C21H30N2/c1-14(2)16-8-10-18(19(12-16)21(5,6)7)17-9-11-20(22-13-17)23-15(3)4/h8-15H,1-7H3,(H,22,23). The van der Waals surface area contributed by atoms with E-state index in [-0.39, 0.29) is 5.41 Å². The molecule has 1 N–H and O–H groups in total. The maximum atomic E-state index is 4.56. The van der Waals surface area contributed by atoms with Crippen LogP contribution in [0.1, 0.15) is 65.5 Å². The molecule has 0 aliphatic carbocycles. The van der Waals surface area contributed by atoms with E-state index in [0.29, 0.717) is 12.0 Å². The van der Waals surface area contributed by atoms with Gasteiger partial charge in [0.15, 0.2) is 0 Å². The van der Waals surface area contributed by atoms with E-state index in [1.54, 1.807) is 0 Å². The van der Waals surface area contributed by atoms with Crippen molar-refractivity contribution < 1.29 is 0 Å². The van der Waals surface area contributed by atoms with Gasteiger partial charge in [0, 0.05) is 17.8 Å². The lowest BCUT2D eigenvalue weighted by atomic mass is 9.80. The highest BCUT2D eigenvalue weighted by Gasteiger charge is 2.20. The number of nitrogens with zero attached hydrogens (tertiary/aromatic N) is 1. The first-order valence-corrected chi connectivity index (χ1v) is 8.56. The van der Waals surface area contributed by atoms with E-state index in [1.807, 2.05) is 6.20 Å². The molecule has 2 heteroatoms. The lowest BCUT2D eigenvalue weighted by Gasteiger charge is -2.25. The molecular formula is C21H30N2. The molecule has 0 spiro atoms. The summed E-state index contributed by atoms with van der Waals surface area (Å²) in [5.41, 5.74) is 5.35. The molecule has 0 atom stereocenters. The summed E-state index contributed by atoms with van der Waals surface area (Å²) in [6, 6.07) is 11.5. The highest BCUT2D eigenvalue weighted by Crippen LogP contribution is 2.35. The SMILES string of the molecule is CC(C)Nc1ccc(-c2ccc(C(C)C)cc2C(C)(C)C)cn1. The first-order valence-electron chi connectivity index (χ1n) is 8.56. The van der Waals surface area contributed by atoms with E-state index >= 15 is 0 Å². The Morgan fingerprint density at radius 1 is 0.957 bits per heavy atom. The van der Waals surface area contributed by atoms with Crippen molar-refractivity contribution in [2.24, 2.45) is 0 Å². The average Bonchev–Trinajstić information content (AvgIpc) is 2.46. The van der Waals surface area contributed by atoms with Crippen LogP contribution in [0.4, 0.5) is 5.82 Å². The fourth-order valence-corrected chi connectivity index (χ4v) is 2.73. The summed E-state index contributed by atoms with van der Waals surface area (Å²) in [4.78, 5) is 4.56. The lowest BCUT2D eigenvalue weighted by molar-refractivity contribution is 0.590.